The molecule has 1 aliphatic carbocycles. The molecule has 1 amide bonds. The number of rotatable bonds is 7. The van der Waals surface area contributed by atoms with Crippen LogP contribution in [0.25, 0.3) is 0 Å². The highest BCUT2D eigenvalue weighted by Crippen LogP contribution is 2.32. The van der Waals surface area contributed by atoms with Crippen LogP contribution >= 0.6 is 34.5 Å². The average molecular weight is 487 g/mol. The Morgan fingerprint density at radius 3 is 2.74 bits per heavy atom. The summed E-state index contributed by atoms with van der Waals surface area (Å²) in [5, 5.41) is 4.38. The van der Waals surface area contributed by atoms with E-state index in [0.29, 0.717) is 47.6 Å². The van der Waals surface area contributed by atoms with E-state index in [4.69, 9.17) is 32.7 Å². The first-order chi connectivity index (χ1) is 14.9. The Hall–Kier alpha value is -1.81. The highest BCUT2D eigenvalue weighted by Gasteiger charge is 2.35. The van der Waals surface area contributed by atoms with Gasteiger partial charge in [-0.05, 0) is 32.1 Å². The van der Waals surface area contributed by atoms with Gasteiger partial charge < -0.3 is 24.7 Å². The summed E-state index contributed by atoms with van der Waals surface area (Å²) < 4.78 is 11.0. The maximum Gasteiger partial charge on any atom is 0.349 e. The van der Waals surface area contributed by atoms with Crippen molar-refractivity contribution >= 4 is 51.5 Å². The number of aryl methyl sites for hydroxylation is 1. The second-order valence-electron chi connectivity index (χ2n) is 7.88. The number of esters is 1. The molecule has 1 saturated carbocycles. The van der Waals surface area contributed by atoms with Gasteiger partial charge in [0.25, 0.3) is 5.91 Å². The summed E-state index contributed by atoms with van der Waals surface area (Å²) in [7, 11) is 1.35. The molecule has 0 radical (unpaired) electrons. The molecule has 8 nitrogen and oxygen atoms in total. The summed E-state index contributed by atoms with van der Waals surface area (Å²) in [6.07, 6.45) is 4.34. The van der Waals surface area contributed by atoms with E-state index in [1.807, 2.05) is 0 Å². The van der Waals surface area contributed by atoms with Gasteiger partial charge in [0.05, 0.1) is 35.5 Å². The number of thiazole rings is 1. The summed E-state index contributed by atoms with van der Waals surface area (Å²) >= 11 is 13.6. The number of nitrogens with one attached hydrogen (secondary N) is 2. The zero-order chi connectivity index (χ0) is 22.1. The smallest absolute Gasteiger partial charge is 0.349 e. The number of carbonyl (C=O) groups is 2. The number of aromatic amines is 1. The van der Waals surface area contributed by atoms with Crippen molar-refractivity contribution in [3.8, 4) is 0 Å². The van der Waals surface area contributed by atoms with Crippen molar-refractivity contribution in [1.82, 2.24) is 15.3 Å². The quantitative estimate of drug-likeness (QED) is 0.579. The molecule has 2 atom stereocenters. The van der Waals surface area contributed by atoms with Gasteiger partial charge in [0.2, 0.25) is 0 Å². The molecule has 4 rings (SSSR count). The van der Waals surface area contributed by atoms with E-state index in [1.54, 1.807) is 6.92 Å². The number of ether oxygens (including phenoxy) is 2. The number of hydrogen-bond donors (Lipinski definition) is 2. The molecule has 11 heteroatoms. The number of anilines is 1. The number of carbonyl (C=O) groups excluding carboxylic acids is 2. The van der Waals surface area contributed by atoms with Crippen molar-refractivity contribution in [2.75, 3.05) is 31.7 Å². The van der Waals surface area contributed by atoms with Gasteiger partial charge in [-0.25, -0.2) is 9.78 Å². The van der Waals surface area contributed by atoms with Crippen molar-refractivity contribution in [2.24, 2.45) is 5.92 Å². The van der Waals surface area contributed by atoms with E-state index in [-0.39, 0.29) is 28.8 Å². The van der Waals surface area contributed by atoms with Gasteiger partial charge in [-0.1, -0.05) is 34.5 Å². The SMILES string of the molecule is COC(=O)c1cnc(N2CC[C@@H](NC(=O)c3[nH]c(C)c(Cl)c3Cl)[C@@H](OCC3CC3)C2)s1. The first kappa shape index (κ1) is 22.4. The second-order valence-corrected chi connectivity index (χ2v) is 9.65. The Balaban J connectivity index is 1.46. The monoisotopic (exact) mass is 486 g/mol. The minimum absolute atomic E-state index is 0.180. The zero-order valence-corrected chi connectivity index (χ0v) is 19.6. The van der Waals surface area contributed by atoms with Crippen molar-refractivity contribution < 1.29 is 19.1 Å². The number of amides is 1. The number of methoxy groups -OCH3 is 1. The van der Waals surface area contributed by atoms with Crippen LogP contribution in [-0.4, -0.2) is 60.8 Å². The predicted octanol–water partition coefficient (Wildman–Crippen LogP) is 3.68. The molecule has 2 aromatic rings. The van der Waals surface area contributed by atoms with Gasteiger partial charge in [-0.15, -0.1) is 0 Å². The predicted molar refractivity (Wildman–Crippen MR) is 120 cm³/mol. The van der Waals surface area contributed by atoms with Gasteiger partial charge in [-0.3, -0.25) is 4.79 Å². The standard InChI is InChI=1S/C20H24Cl2N4O4S/c1-10-15(21)16(22)17(24-10)18(27)25-12-5-6-26(8-13(12)30-9-11-3-4-11)20-23-7-14(31-20)19(28)29-2/h7,11-13,24H,3-6,8-9H2,1-2H3,(H,25,27)/t12-,13+/m1/s1. The highest BCUT2D eigenvalue weighted by molar-refractivity contribution is 7.17. The third-order valence-electron chi connectivity index (χ3n) is 5.55. The van der Waals surface area contributed by atoms with Crippen LogP contribution in [0.4, 0.5) is 5.13 Å². The van der Waals surface area contributed by atoms with E-state index >= 15 is 0 Å². The molecule has 0 bridgehead atoms. The van der Waals surface area contributed by atoms with Crippen LogP contribution in [0.1, 0.15) is 45.1 Å². The van der Waals surface area contributed by atoms with Gasteiger partial charge >= 0.3 is 5.97 Å². The van der Waals surface area contributed by atoms with E-state index in [9.17, 15) is 9.59 Å². The summed E-state index contributed by atoms with van der Waals surface area (Å²) in [6, 6.07) is -0.180. The van der Waals surface area contributed by atoms with Crippen molar-refractivity contribution in [2.45, 2.75) is 38.3 Å². The number of aromatic nitrogens is 2. The van der Waals surface area contributed by atoms with Gasteiger partial charge in [-0.2, -0.15) is 0 Å². The van der Waals surface area contributed by atoms with Crippen LogP contribution < -0.4 is 10.2 Å². The largest absolute Gasteiger partial charge is 0.465 e. The molecular weight excluding hydrogens is 463 g/mol. The molecule has 1 aliphatic heterocycles. The molecule has 3 heterocycles. The fourth-order valence-corrected chi connectivity index (χ4v) is 4.83. The van der Waals surface area contributed by atoms with Crippen LogP contribution in [-0.2, 0) is 9.47 Å². The maximum atomic E-state index is 12.8. The molecule has 168 valence electrons. The average Bonchev–Trinajstić information content (AvgIpc) is 3.41. The Bertz CT molecular complexity index is 975. The first-order valence-electron chi connectivity index (χ1n) is 10.1. The number of piperidine rings is 1. The Morgan fingerprint density at radius 2 is 2.10 bits per heavy atom. The Labute approximate surface area is 194 Å². The molecule has 0 spiro atoms. The number of H-pyrrole nitrogens is 1. The molecule has 2 aromatic heterocycles. The van der Waals surface area contributed by atoms with E-state index < -0.39 is 5.97 Å². The van der Waals surface area contributed by atoms with Crippen molar-refractivity contribution in [1.29, 1.82) is 0 Å². The van der Waals surface area contributed by atoms with Crippen LogP contribution in [0.2, 0.25) is 10.0 Å². The van der Waals surface area contributed by atoms with Gasteiger partial charge in [0.1, 0.15) is 10.6 Å². The van der Waals surface area contributed by atoms with Crippen LogP contribution in [0, 0.1) is 12.8 Å². The lowest BCUT2D eigenvalue weighted by Gasteiger charge is -2.38. The second kappa shape index (κ2) is 9.36. The highest BCUT2D eigenvalue weighted by atomic mass is 35.5. The topological polar surface area (TPSA) is 96.5 Å². The van der Waals surface area contributed by atoms with Gasteiger partial charge in [0.15, 0.2) is 5.13 Å². The Morgan fingerprint density at radius 1 is 1.32 bits per heavy atom. The minimum Gasteiger partial charge on any atom is -0.465 e. The minimum atomic E-state index is -0.399. The molecule has 0 unspecified atom stereocenters. The summed E-state index contributed by atoms with van der Waals surface area (Å²) in [5.41, 5.74) is 0.911. The molecule has 0 aromatic carbocycles. The summed E-state index contributed by atoms with van der Waals surface area (Å²) in [4.78, 5) is 34.5. The lowest BCUT2D eigenvalue weighted by atomic mass is 10.0. The normalized spacial score (nSPS) is 21.2. The van der Waals surface area contributed by atoms with E-state index in [1.165, 1.54) is 37.5 Å². The molecule has 1 saturated heterocycles. The molecule has 2 N–H and O–H groups in total. The lowest BCUT2D eigenvalue weighted by Crippen LogP contribution is -2.55. The first-order valence-corrected chi connectivity index (χ1v) is 11.7. The lowest BCUT2D eigenvalue weighted by molar-refractivity contribution is 0.0146. The summed E-state index contributed by atoms with van der Waals surface area (Å²) in [6.45, 7) is 3.66. The van der Waals surface area contributed by atoms with E-state index in [2.05, 4.69) is 20.2 Å². The number of nitrogens with zero attached hydrogens (tertiary/aromatic N) is 2. The third kappa shape index (κ3) is 5.00. The number of hydrogen-bond acceptors (Lipinski definition) is 7. The van der Waals surface area contributed by atoms with E-state index in [0.717, 1.165) is 5.13 Å². The molecule has 2 aliphatic rings. The molecule has 31 heavy (non-hydrogen) atoms. The number of halogens is 2. The summed E-state index contributed by atoms with van der Waals surface area (Å²) in [5.74, 6) is -0.110. The van der Waals surface area contributed by atoms with Crippen molar-refractivity contribution in [3.63, 3.8) is 0 Å². The maximum absolute atomic E-state index is 12.8. The van der Waals surface area contributed by atoms with Crippen LogP contribution in [0.3, 0.4) is 0 Å². The molecular formula is C20H24Cl2N4O4S. The fraction of sp³-hybridized carbons (Fsp3) is 0.550. The third-order valence-corrected chi connectivity index (χ3v) is 7.54. The fourth-order valence-electron chi connectivity index (χ4n) is 3.54. The van der Waals surface area contributed by atoms with Crippen molar-refractivity contribution in [3.05, 3.63) is 32.5 Å². The molecule has 2 fully saturated rings. The zero-order valence-electron chi connectivity index (χ0n) is 17.2. The van der Waals surface area contributed by atoms with Crippen LogP contribution in [0.5, 0.6) is 0 Å². The van der Waals surface area contributed by atoms with Crippen LogP contribution in [0.15, 0.2) is 6.20 Å². The van der Waals surface area contributed by atoms with Gasteiger partial charge in [0, 0.05) is 25.4 Å². The Kier molecular flexibility index (Phi) is 6.76.